The van der Waals surface area contributed by atoms with Crippen LogP contribution in [-0.4, -0.2) is 10.1 Å². The van der Waals surface area contributed by atoms with Crippen LogP contribution in [0.15, 0.2) is 6.07 Å². The molecule has 6 heteroatoms. The van der Waals surface area contributed by atoms with Crippen molar-refractivity contribution in [2.24, 2.45) is 5.73 Å². The van der Waals surface area contributed by atoms with Gasteiger partial charge in [-0.3, -0.25) is 4.98 Å². The van der Waals surface area contributed by atoms with E-state index in [1.54, 1.807) is 6.07 Å². The van der Waals surface area contributed by atoms with E-state index >= 15 is 0 Å². The number of aromatic hydroxyl groups is 1. The Bertz CT molecular complexity index is 401. The lowest BCUT2D eigenvalue weighted by atomic mass is 10.1. The lowest BCUT2D eigenvalue weighted by Crippen LogP contribution is -2.06. The zero-order valence-corrected chi connectivity index (χ0v) is 7.74. The molecule has 0 aliphatic heterocycles. The van der Waals surface area contributed by atoms with E-state index in [4.69, 9.17) is 11.0 Å². The van der Waals surface area contributed by atoms with Gasteiger partial charge in [-0.2, -0.15) is 5.26 Å². The average molecular weight is 213 g/mol. The second-order valence-corrected chi connectivity index (χ2v) is 2.83. The average Bonchev–Trinajstić information content (AvgIpc) is 2.20. The number of hydrogen-bond donors (Lipinski definition) is 2. The van der Waals surface area contributed by atoms with E-state index in [0.717, 1.165) is 6.07 Å². The summed E-state index contributed by atoms with van der Waals surface area (Å²) in [6.07, 6.45) is -2.99. The van der Waals surface area contributed by atoms with Crippen molar-refractivity contribution in [3.8, 4) is 11.8 Å². The van der Waals surface area contributed by atoms with Crippen LogP contribution in [0.1, 0.15) is 23.4 Å². The second kappa shape index (κ2) is 4.66. The third-order valence-corrected chi connectivity index (χ3v) is 1.87. The molecule has 0 unspecified atom stereocenters. The molecule has 0 saturated carbocycles. The zero-order valence-electron chi connectivity index (χ0n) is 7.74. The predicted octanol–water partition coefficient (Wildman–Crippen LogP) is 1.25. The highest BCUT2D eigenvalue weighted by molar-refractivity contribution is 5.36. The van der Waals surface area contributed by atoms with Crippen LogP contribution in [-0.2, 0) is 13.0 Å². The highest BCUT2D eigenvalue weighted by Gasteiger charge is 2.17. The van der Waals surface area contributed by atoms with Gasteiger partial charge < -0.3 is 10.8 Å². The van der Waals surface area contributed by atoms with Crippen LogP contribution in [0.2, 0.25) is 0 Å². The van der Waals surface area contributed by atoms with E-state index in [1.165, 1.54) is 0 Å². The van der Waals surface area contributed by atoms with Crippen LogP contribution < -0.4 is 5.73 Å². The summed E-state index contributed by atoms with van der Waals surface area (Å²) < 4.78 is 24.9. The monoisotopic (exact) mass is 213 g/mol. The molecule has 0 radical (unpaired) electrons. The molecule has 0 amide bonds. The van der Waals surface area contributed by atoms with Crippen molar-refractivity contribution >= 4 is 0 Å². The van der Waals surface area contributed by atoms with E-state index < -0.39 is 12.0 Å². The summed E-state index contributed by atoms with van der Waals surface area (Å²) in [5, 5.41) is 17.7. The van der Waals surface area contributed by atoms with E-state index in [0.29, 0.717) is 0 Å². The standard InChI is InChI=1S/C9H9F2N3O/c10-9(11)5-3-8(15)7(4-13)14-6(5)1-2-12/h3,9,15H,1,4,13H2. The third-order valence-electron chi connectivity index (χ3n) is 1.87. The first-order valence-electron chi connectivity index (χ1n) is 4.17. The Morgan fingerprint density at radius 3 is 2.67 bits per heavy atom. The van der Waals surface area contributed by atoms with Gasteiger partial charge in [-0.25, -0.2) is 8.78 Å². The van der Waals surface area contributed by atoms with Gasteiger partial charge in [0.05, 0.1) is 23.9 Å². The van der Waals surface area contributed by atoms with Crippen LogP contribution in [0.4, 0.5) is 8.78 Å². The van der Waals surface area contributed by atoms with Gasteiger partial charge in [-0.15, -0.1) is 0 Å². The minimum absolute atomic E-state index is 0.0363. The SMILES string of the molecule is N#CCc1nc(CN)c(O)cc1C(F)F. The fourth-order valence-electron chi connectivity index (χ4n) is 1.15. The first-order chi connectivity index (χ1) is 7.10. The Kier molecular flexibility index (Phi) is 3.52. The summed E-state index contributed by atoms with van der Waals surface area (Å²) in [4.78, 5) is 3.72. The van der Waals surface area contributed by atoms with Crippen LogP contribution in [0.5, 0.6) is 5.75 Å². The van der Waals surface area contributed by atoms with Gasteiger partial charge in [-0.05, 0) is 6.07 Å². The molecule has 1 rings (SSSR count). The van der Waals surface area contributed by atoms with Crippen molar-refractivity contribution in [3.63, 3.8) is 0 Å². The van der Waals surface area contributed by atoms with Gasteiger partial charge in [-0.1, -0.05) is 0 Å². The van der Waals surface area contributed by atoms with Gasteiger partial charge in [0, 0.05) is 12.1 Å². The van der Waals surface area contributed by atoms with Gasteiger partial charge in [0.15, 0.2) is 0 Å². The van der Waals surface area contributed by atoms with Crippen molar-refractivity contribution in [1.29, 1.82) is 5.26 Å². The van der Waals surface area contributed by atoms with Crippen molar-refractivity contribution in [1.82, 2.24) is 4.98 Å². The summed E-state index contributed by atoms with van der Waals surface area (Å²) >= 11 is 0. The molecule has 4 nitrogen and oxygen atoms in total. The maximum Gasteiger partial charge on any atom is 0.265 e. The quantitative estimate of drug-likeness (QED) is 0.791. The third kappa shape index (κ3) is 2.39. The molecule has 0 spiro atoms. The van der Waals surface area contributed by atoms with Crippen molar-refractivity contribution in [3.05, 3.63) is 23.0 Å². The second-order valence-electron chi connectivity index (χ2n) is 2.83. The summed E-state index contributed by atoms with van der Waals surface area (Å²) in [5.74, 6) is -0.366. The minimum Gasteiger partial charge on any atom is -0.506 e. The van der Waals surface area contributed by atoms with Gasteiger partial charge in [0.2, 0.25) is 0 Å². The topological polar surface area (TPSA) is 82.9 Å². The Balaban J connectivity index is 3.26. The largest absolute Gasteiger partial charge is 0.506 e. The molecule has 0 saturated heterocycles. The van der Waals surface area contributed by atoms with Gasteiger partial charge in [0.25, 0.3) is 6.43 Å². The summed E-state index contributed by atoms with van der Waals surface area (Å²) in [6.45, 7) is -0.0617. The summed E-state index contributed by atoms with van der Waals surface area (Å²) in [6, 6.07) is 2.64. The molecule has 0 bridgehead atoms. The van der Waals surface area contributed by atoms with Crippen LogP contribution >= 0.6 is 0 Å². The fraction of sp³-hybridized carbons (Fsp3) is 0.333. The van der Waals surface area contributed by atoms with Crippen LogP contribution in [0, 0.1) is 11.3 Å². The first-order valence-corrected chi connectivity index (χ1v) is 4.17. The van der Waals surface area contributed by atoms with Crippen molar-refractivity contribution in [2.45, 2.75) is 19.4 Å². The maximum absolute atomic E-state index is 12.5. The zero-order chi connectivity index (χ0) is 11.4. The highest BCUT2D eigenvalue weighted by atomic mass is 19.3. The van der Waals surface area contributed by atoms with Crippen molar-refractivity contribution in [2.75, 3.05) is 0 Å². The molecule has 80 valence electrons. The number of rotatable bonds is 3. The van der Waals surface area contributed by atoms with Gasteiger partial charge >= 0.3 is 0 Å². The molecule has 0 fully saturated rings. The number of hydrogen-bond acceptors (Lipinski definition) is 4. The highest BCUT2D eigenvalue weighted by Crippen LogP contribution is 2.27. The van der Waals surface area contributed by atoms with E-state index in [2.05, 4.69) is 4.98 Å². The summed E-state index contributed by atoms with van der Waals surface area (Å²) in [5.41, 5.74) is 4.90. The lowest BCUT2D eigenvalue weighted by Gasteiger charge is -2.08. The lowest BCUT2D eigenvalue weighted by molar-refractivity contribution is 0.149. The number of pyridine rings is 1. The van der Waals surface area contributed by atoms with Crippen molar-refractivity contribution < 1.29 is 13.9 Å². The molecule has 1 aromatic heterocycles. The van der Waals surface area contributed by atoms with Crippen LogP contribution in [0.3, 0.4) is 0 Å². The summed E-state index contributed by atoms with van der Waals surface area (Å²) in [7, 11) is 0. The number of halogens is 2. The molecule has 15 heavy (non-hydrogen) atoms. The first kappa shape index (κ1) is 11.3. The fourth-order valence-corrected chi connectivity index (χ4v) is 1.15. The normalized spacial score (nSPS) is 10.3. The predicted molar refractivity (Wildman–Crippen MR) is 48.1 cm³/mol. The number of alkyl halides is 2. The number of aromatic nitrogens is 1. The van der Waals surface area contributed by atoms with E-state index in [1.807, 2.05) is 0 Å². The molecular formula is C9H9F2N3O. The molecule has 3 N–H and O–H groups in total. The molecular weight excluding hydrogens is 204 g/mol. The number of nitriles is 1. The van der Waals surface area contributed by atoms with Crippen LogP contribution in [0.25, 0.3) is 0 Å². The smallest absolute Gasteiger partial charge is 0.265 e. The number of nitrogens with two attached hydrogens (primary N) is 1. The maximum atomic E-state index is 12.5. The molecule has 1 aromatic rings. The molecule has 1 heterocycles. The van der Waals surface area contributed by atoms with E-state index in [-0.39, 0.29) is 30.1 Å². The minimum atomic E-state index is -2.77. The van der Waals surface area contributed by atoms with Gasteiger partial charge in [0.1, 0.15) is 5.75 Å². The Morgan fingerprint density at radius 1 is 1.53 bits per heavy atom. The Hall–Kier alpha value is -1.74. The Labute approximate surface area is 85.0 Å². The molecule has 0 aliphatic rings. The molecule has 0 aliphatic carbocycles. The molecule has 0 aromatic carbocycles. The molecule has 0 atom stereocenters. The Morgan fingerprint density at radius 2 is 2.20 bits per heavy atom. The van der Waals surface area contributed by atoms with E-state index in [9.17, 15) is 13.9 Å². The number of nitrogens with zero attached hydrogens (tertiary/aromatic N) is 2.